The van der Waals surface area contributed by atoms with Crippen LogP contribution in [-0.2, 0) is 6.54 Å². The Kier molecular flexibility index (Phi) is 3.14. The van der Waals surface area contributed by atoms with Gasteiger partial charge in [0, 0.05) is 44.8 Å². The molecule has 92 valence electrons. The molecule has 3 nitrogen and oxygen atoms in total. The highest BCUT2D eigenvalue weighted by Gasteiger charge is 2.34. The number of nitrogens with zero attached hydrogens (tertiary/aromatic N) is 2. The molecule has 17 heavy (non-hydrogen) atoms. The molecule has 0 amide bonds. The zero-order chi connectivity index (χ0) is 11.7. The Morgan fingerprint density at radius 2 is 1.94 bits per heavy atom. The molecule has 0 aromatic heterocycles. The summed E-state index contributed by atoms with van der Waals surface area (Å²) in [7, 11) is 0. The molecule has 2 heterocycles. The van der Waals surface area contributed by atoms with Crippen LogP contribution < -0.4 is 5.73 Å². The van der Waals surface area contributed by atoms with Crippen molar-refractivity contribution in [1.29, 1.82) is 0 Å². The predicted molar refractivity (Wildman–Crippen MR) is 69.7 cm³/mol. The topological polar surface area (TPSA) is 32.5 Å². The van der Waals surface area contributed by atoms with Crippen molar-refractivity contribution in [2.45, 2.75) is 25.0 Å². The summed E-state index contributed by atoms with van der Waals surface area (Å²) in [6.07, 6.45) is 1.17. The first kappa shape index (κ1) is 11.2. The fourth-order valence-electron chi connectivity index (χ4n) is 3.13. The van der Waals surface area contributed by atoms with Crippen molar-refractivity contribution in [2.24, 2.45) is 5.73 Å². The molecule has 0 spiro atoms. The van der Waals surface area contributed by atoms with E-state index in [9.17, 15) is 0 Å². The zero-order valence-corrected chi connectivity index (χ0v) is 10.3. The number of benzene rings is 1. The summed E-state index contributed by atoms with van der Waals surface area (Å²) in [4.78, 5) is 5.13. The number of hydrogen-bond acceptors (Lipinski definition) is 3. The maximum absolute atomic E-state index is 6.03. The maximum atomic E-state index is 6.03. The first-order chi connectivity index (χ1) is 8.31. The van der Waals surface area contributed by atoms with Crippen LogP contribution in [0.5, 0.6) is 0 Å². The van der Waals surface area contributed by atoms with E-state index in [1.54, 1.807) is 0 Å². The smallest absolute Gasteiger partial charge is 0.0239 e. The molecule has 2 atom stereocenters. The van der Waals surface area contributed by atoms with Crippen molar-refractivity contribution >= 4 is 0 Å². The molecule has 2 unspecified atom stereocenters. The van der Waals surface area contributed by atoms with Gasteiger partial charge >= 0.3 is 0 Å². The average Bonchev–Trinajstić information content (AvgIpc) is 2.70. The molecular weight excluding hydrogens is 210 g/mol. The van der Waals surface area contributed by atoms with Gasteiger partial charge in [0.2, 0.25) is 0 Å². The molecule has 2 saturated heterocycles. The molecule has 0 aliphatic carbocycles. The normalized spacial score (nSPS) is 30.4. The molecule has 0 bridgehead atoms. The average molecular weight is 231 g/mol. The number of piperazine rings is 1. The van der Waals surface area contributed by atoms with Crippen molar-refractivity contribution in [3.8, 4) is 0 Å². The first-order valence-electron chi connectivity index (χ1n) is 6.57. The number of fused-ring (bicyclic) bond motifs is 1. The van der Waals surface area contributed by atoms with Crippen molar-refractivity contribution in [3.63, 3.8) is 0 Å². The highest BCUT2D eigenvalue weighted by molar-refractivity contribution is 5.14. The van der Waals surface area contributed by atoms with E-state index in [1.165, 1.54) is 31.6 Å². The number of rotatable bonds is 2. The SMILES string of the molecule is NC1CC2CN(Cc3ccccc3)CCN2C1. The summed E-state index contributed by atoms with van der Waals surface area (Å²) in [5, 5.41) is 0. The van der Waals surface area contributed by atoms with Crippen LogP contribution in [0, 0.1) is 0 Å². The van der Waals surface area contributed by atoms with E-state index in [2.05, 4.69) is 40.1 Å². The molecule has 0 saturated carbocycles. The third-order valence-corrected chi connectivity index (χ3v) is 3.98. The lowest BCUT2D eigenvalue weighted by atomic mass is 10.1. The van der Waals surface area contributed by atoms with Gasteiger partial charge in [0.15, 0.2) is 0 Å². The van der Waals surface area contributed by atoms with Gasteiger partial charge in [-0.05, 0) is 12.0 Å². The van der Waals surface area contributed by atoms with Crippen LogP contribution >= 0.6 is 0 Å². The molecule has 3 rings (SSSR count). The summed E-state index contributed by atoms with van der Waals surface area (Å²) in [5.74, 6) is 0. The Hall–Kier alpha value is -0.900. The van der Waals surface area contributed by atoms with Gasteiger partial charge in [-0.1, -0.05) is 30.3 Å². The Labute approximate surface area is 103 Å². The summed E-state index contributed by atoms with van der Waals surface area (Å²) >= 11 is 0. The summed E-state index contributed by atoms with van der Waals surface area (Å²) in [6, 6.07) is 11.9. The van der Waals surface area contributed by atoms with Gasteiger partial charge in [0.25, 0.3) is 0 Å². The van der Waals surface area contributed by atoms with Gasteiger partial charge in [-0.2, -0.15) is 0 Å². The van der Waals surface area contributed by atoms with Crippen molar-refractivity contribution < 1.29 is 0 Å². The van der Waals surface area contributed by atoms with E-state index in [4.69, 9.17) is 5.73 Å². The van der Waals surface area contributed by atoms with Crippen LogP contribution in [0.15, 0.2) is 30.3 Å². The lowest BCUT2D eigenvalue weighted by molar-refractivity contribution is 0.0992. The van der Waals surface area contributed by atoms with Gasteiger partial charge in [-0.25, -0.2) is 0 Å². The van der Waals surface area contributed by atoms with Crippen molar-refractivity contribution in [3.05, 3.63) is 35.9 Å². The molecule has 2 aliphatic rings. The quantitative estimate of drug-likeness (QED) is 0.821. The monoisotopic (exact) mass is 231 g/mol. The van der Waals surface area contributed by atoms with Crippen LogP contribution in [0.3, 0.4) is 0 Å². The van der Waals surface area contributed by atoms with E-state index < -0.39 is 0 Å². The van der Waals surface area contributed by atoms with Crippen LogP contribution in [0.1, 0.15) is 12.0 Å². The van der Waals surface area contributed by atoms with Gasteiger partial charge in [-0.15, -0.1) is 0 Å². The molecule has 2 fully saturated rings. The van der Waals surface area contributed by atoms with Gasteiger partial charge in [-0.3, -0.25) is 9.80 Å². The predicted octanol–water partition coefficient (Wildman–Crippen LogP) is 0.904. The van der Waals surface area contributed by atoms with Gasteiger partial charge in [0.05, 0.1) is 0 Å². The van der Waals surface area contributed by atoms with E-state index in [1.807, 2.05) is 0 Å². The Morgan fingerprint density at radius 3 is 2.76 bits per heavy atom. The Morgan fingerprint density at radius 1 is 1.12 bits per heavy atom. The summed E-state index contributed by atoms with van der Waals surface area (Å²) < 4.78 is 0. The molecule has 2 N–H and O–H groups in total. The summed E-state index contributed by atoms with van der Waals surface area (Å²) in [5.41, 5.74) is 7.45. The van der Waals surface area contributed by atoms with Crippen LogP contribution in [-0.4, -0.2) is 48.1 Å². The van der Waals surface area contributed by atoms with Gasteiger partial charge < -0.3 is 5.73 Å². The lowest BCUT2D eigenvalue weighted by Crippen LogP contribution is -2.49. The molecule has 3 heteroatoms. The second-order valence-corrected chi connectivity index (χ2v) is 5.37. The van der Waals surface area contributed by atoms with Crippen molar-refractivity contribution in [2.75, 3.05) is 26.2 Å². The highest BCUT2D eigenvalue weighted by atomic mass is 15.3. The molecule has 0 radical (unpaired) electrons. The third kappa shape index (κ3) is 2.51. The number of hydrogen-bond donors (Lipinski definition) is 1. The fourth-order valence-corrected chi connectivity index (χ4v) is 3.13. The minimum absolute atomic E-state index is 0.400. The molecule has 1 aromatic rings. The Bertz CT molecular complexity index is 365. The lowest BCUT2D eigenvalue weighted by Gasteiger charge is -2.37. The van der Waals surface area contributed by atoms with Crippen LogP contribution in [0.2, 0.25) is 0 Å². The minimum atomic E-state index is 0.400. The fraction of sp³-hybridized carbons (Fsp3) is 0.571. The molecule has 2 aliphatic heterocycles. The second kappa shape index (κ2) is 4.77. The van der Waals surface area contributed by atoms with Gasteiger partial charge in [0.1, 0.15) is 0 Å². The van der Waals surface area contributed by atoms with E-state index in [0.29, 0.717) is 12.1 Å². The van der Waals surface area contributed by atoms with E-state index in [-0.39, 0.29) is 0 Å². The second-order valence-electron chi connectivity index (χ2n) is 5.37. The van der Waals surface area contributed by atoms with Crippen LogP contribution in [0.25, 0.3) is 0 Å². The highest BCUT2D eigenvalue weighted by Crippen LogP contribution is 2.21. The number of nitrogens with two attached hydrogens (primary N) is 1. The largest absolute Gasteiger partial charge is 0.326 e. The standard InChI is InChI=1S/C14H21N3/c15-13-8-14-11-16(6-7-17(14)10-13)9-12-4-2-1-3-5-12/h1-5,13-14H,6-11,15H2. The molecule has 1 aromatic carbocycles. The van der Waals surface area contributed by atoms with Crippen LogP contribution in [0.4, 0.5) is 0 Å². The van der Waals surface area contributed by atoms with Crippen molar-refractivity contribution in [1.82, 2.24) is 9.80 Å². The maximum Gasteiger partial charge on any atom is 0.0239 e. The van der Waals surface area contributed by atoms with E-state index >= 15 is 0 Å². The molecular formula is C14H21N3. The van der Waals surface area contributed by atoms with E-state index in [0.717, 1.165) is 13.1 Å². The summed E-state index contributed by atoms with van der Waals surface area (Å²) in [6.45, 7) is 5.73. The first-order valence-corrected chi connectivity index (χ1v) is 6.57. The third-order valence-electron chi connectivity index (χ3n) is 3.98. The Balaban J connectivity index is 1.60. The minimum Gasteiger partial charge on any atom is -0.326 e. The zero-order valence-electron chi connectivity index (χ0n) is 10.3.